The van der Waals surface area contributed by atoms with Crippen molar-refractivity contribution in [2.24, 2.45) is 0 Å². The van der Waals surface area contributed by atoms with Crippen molar-refractivity contribution in [1.82, 2.24) is 9.97 Å². The lowest BCUT2D eigenvalue weighted by molar-refractivity contribution is 1.37. The fourth-order valence-electron chi connectivity index (χ4n) is 3.41. The third kappa shape index (κ3) is 1.34. The summed E-state index contributed by atoms with van der Waals surface area (Å²) < 4.78 is 0. The second-order valence-electron chi connectivity index (χ2n) is 5.42. The van der Waals surface area contributed by atoms with Crippen molar-refractivity contribution in [1.29, 1.82) is 0 Å². The monoisotopic (exact) mass is 268 g/mol. The number of aromatic amines is 1. The highest BCUT2D eigenvalue weighted by Gasteiger charge is 2.11. The van der Waals surface area contributed by atoms with Gasteiger partial charge in [-0.25, -0.2) is 0 Å². The number of rotatable bonds is 0. The summed E-state index contributed by atoms with van der Waals surface area (Å²) in [5, 5.41) is 10.1. The summed E-state index contributed by atoms with van der Waals surface area (Å²) in [5.74, 6) is 0. The summed E-state index contributed by atoms with van der Waals surface area (Å²) >= 11 is 0. The first-order chi connectivity index (χ1) is 10.4. The molecule has 5 rings (SSSR count). The van der Waals surface area contributed by atoms with Crippen molar-refractivity contribution in [2.45, 2.75) is 0 Å². The van der Waals surface area contributed by atoms with E-state index < -0.39 is 0 Å². The van der Waals surface area contributed by atoms with Crippen molar-refractivity contribution in [3.05, 3.63) is 67.3 Å². The Morgan fingerprint density at radius 2 is 1.43 bits per heavy atom. The molecule has 0 aliphatic carbocycles. The maximum absolute atomic E-state index is 4.37. The van der Waals surface area contributed by atoms with E-state index in [-0.39, 0.29) is 0 Å². The van der Waals surface area contributed by atoms with Crippen LogP contribution in [0.5, 0.6) is 0 Å². The molecule has 2 heteroatoms. The van der Waals surface area contributed by atoms with Crippen LogP contribution in [0.4, 0.5) is 0 Å². The first-order valence-electron chi connectivity index (χ1n) is 7.07. The normalized spacial score (nSPS) is 11.8. The summed E-state index contributed by atoms with van der Waals surface area (Å²) in [7, 11) is 0. The number of nitrogens with one attached hydrogen (secondary N) is 1. The molecule has 0 saturated carbocycles. The van der Waals surface area contributed by atoms with Gasteiger partial charge < -0.3 is 4.98 Å². The van der Waals surface area contributed by atoms with Gasteiger partial charge in [0.2, 0.25) is 0 Å². The molecule has 0 spiro atoms. The minimum Gasteiger partial charge on any atom is -0.367 e. The predicted octanol–water partition coefficient (Wildman–Crippen LogP) is 5.02. The maximum Gasteiger partial charge on any atom is 0.0353 e. The van der Waals surface area contributed by atoms with E-state index in [9.17, 15) is 0 Å². The summed E-state index contributed by atoms with van der Waals surface area (Å²) in [6.07, 6.45) is 8.01. The molecule has 21 heavy (non-hydrogen) atoms. The molecule has 5 aromatic rings. The van der Waals surface area contributed by atoms with Crippen LogP contribution >= 0.6 is 0 Å². The summed E-state index contributed by atoms with van der Waals surface area (Å²) in [6, 6.07) is 15.1. The molecule has 0 amide bonds. The van der Waals surface area contributed by atoms with Gasteiger partial charge in [0, 0.05) is 40.9 Å². The number of H-pyrrole nitrogens is 1. The molecule has 2 heterocycles. The largest absolute Gasteiger partial charge is 0.367 e. The average molecular weight is 268 g/mol. The zero-order valence-corrected chi connectivity index (χ0v) is 11.3. The van der Waals surface area contributed by atoms with Crippen LogP contribution in [0.1, 0.15) is 0 Å². The van der Waals surface area contributed by atoms with Crippen molar-refractivity contribution in [2.75, 3.05) is 0 Å². The number of fused-ring (bicyclic) bond motifs is 8. The van der Waals surface area contributed by atoms with E-state index in [1.807, 2.05) is 18.6 Å². The Hall–Kier alpha value is -2.87. The molecule has 1 N–H and O–H groups in total. The minimum absolute atomic E-state index is 1.23. The van der Waals surface area contributed by atoms with Crippen molar-refractivity contribution >= 4 is 43.1 Å². The lowest BCUT2D eigenvalue weighted by Gasteiger charge is -2.10. The number of nitrogens with zero attached hydrogens (tertiary/aromatic N) is 1. The molecule has 2 aromatic heterocycles. The average Bonchev–Trinajstić information content (AvgIpc) is 3.04. The third-order valence-electron chi connectivity index (χ3n) is 4.34. The quantitative estimate of drug-likeness (QED) is 0.392. The van der Waals surface area contributed by atoms with E-state index in [4.69, 9.17) is 0 Å². The standard InChI is InChI=1S/C19H12N2/c1-2-4-14-13(3-1)17-10-21-11-18(17)15-6-5-12-7-8-20-9-16(12)19(14)15/h1-11,20H. The Labute approximate surface area is 121 Å². The van der Waals surface area contributed by atoms with Gasteiger partial charge in [-0.3, -0.25) is 4.98 Å². The first-order valence-corrected chi connectivity index (χ1v) is 7.07. The van der Waals surface area contributed by atoms with Gasteiger partial charge >= 0.3 is 0 Å². The molecule has 0 fully saturated rings. The zero-order valence-electron chi connectivity index (χ0n) is 11.3. The van der Waals surface area contributed by atoms with Crippen LogP contribution in [0.25, 0.3) is 43.1 Å². The molecule has 2 nitrogen and oxygen atoms in total. The van der Waals surface area contributed by atoms with Crippen molar-refractivity contribution in [3.63, 3.8) is 0 Å². The van der Waals surface area contributed by atoms with E-state index in [0.29, 0.717) is 0 Å². The topological polar surface area (TPSA) is 28.7 Å². The Kier molecular flexibility index (Phi) is 1.98. The van der Waals surface area contributed by atoms with Crippen LogP contribution in [0.3, 0.4) is 0 Å². The van der Waals surface area contributed by atoms with Gasteiger partial charge in [-0.15, -0.1) is 0 Å². The number of benzene rings is 3. The summed E-state index contributed by atoms with van der Waals surface area (Å²) in [6.45, 7) is 0. The lowest BCUT2D eigenvalue weighted by Crippen LogP contribution is -1.83. The third-order valence-corrected chi connectivity index (χ3v) is 4.34. The SMILES string of the molecule is c1ccc2c(c1)c1cncc1c1ccc3cc[nH]cc3c21. The van der Waals surface area contributed by atoms with Gasteiger partial charge in [0.05, 0.1) is 0 Å². The van der Waals surface area contributed by atoms with Crippen LogP contribution in [0.15, 0.2) is 67.3 Å². The molecular formula is C19H12N2. The molecule has 0 radical (unpaired) electrons. The van der Waals surface area contributed by atoms with Crippen molar-refractivity contribution < 1.29 is 0 Å². The van der Waals surface area contributed by atoms with E-state index in [1.54, 1.807) is 0 Å². The molecule has 0 atom stereocenters. The van der Waals surface area contributed by atoms with Gasteiger partial charge in [-0.1, -0.05) is 36.4 Å². The van der Waals surface area contributed by atoms with Crippen molar-refractivity contribution in [3.8, 4) is 0 Å². The second-order valence-corrected chi connectivity index (χ2v) is 5.42. The van der Waals surface area contributed by atoms with E-state index >= 15 is 0 Å². The Balaban J connectivity index is 2.25. The van der Waals surface area contributed by atoms with Gasteiger partial charge in [-0.2, -0.15) is 0 Å². The van der Waals surface area contributed by atoms with E-state index in [0.717, 1.165) is 0 Å². The zero-order chi connectivity index (χ0) is 13.8. The molecule has 98 valence electrons. The molecule has 3 aromatic carbocycles. The predicted molar refractivity (Wildman–Crippen MR) is 88.6 cm³/mol. The van der Waals surface area contributed by atoms with Gasteiger partial charge in [-0.05, 0) is 33.0 Å². The summed E-state index contributed by atoms with van der Waals surface area (Å²) in [5.41, 5.74) is 0. The maximum atomic E-state index is 4.37. The molecule has 0 unspecified atom stereocenters. The number of pyridine rings is 1. The van der Waals surface area contributed by atoms with Crippen LogP contribution in [-0.4, -0.2) is 9.97 Å². The second kappa shape index (κ2) is 3.83. The molecule has 0 bridgehead atoms. The minimum atomic E-state index is 1.23. The van der Waals surface area contributed by atoms with Gasteiger partial charge in [0.1, 0.15) is 0 Å². The first kappa shape index (κ1) is 10.9. The molecular weight excluding hydrogens is 256 g/mol. The molecule has 0 aliphatic rings. The fourth-order valence-corrected chi connectivity index (χ4v) is 3.41. The summed E-state index contributed by atoms with van der Waals surface area (Å²) in [4.78, 5) is 7.59. The van der Waals surface area contributed by atoms with Crippen LogP contribution in [-0.2, 0) is 0 Å². The number of hydrogen-bond acceptors (Lipinski definition) is 1. The lowest BCUT2D eigenvalue weighted by atomic mass is 9.94. The highest BCUT2D eigenvalue weighted by atomic mass is 14.6. The van der Waals surface area contributed by atoms with Crippen LogP contribution < -0.4 is 0 Å². The Morgan fingerprint density at radius 1 is 0.667 bits per heavy atom. The van der Waals surface area contributed by atoms with Crippen LogP contribution in [0, 0.1) is 0 Å². The highest BCUT2D eigenvalue weighted by Crippen LogP contribution is 2.38. The molecule has 0 saturated heterocycles. The Bertz CT molecular complexity index is 1140. The van der Waals surface area contributed by atoms with Crippen LogP contribution in [0.2, 0.25) is 0 Å². The van der Waals surface area contributed by atoms with Gasteiger partial charge in [0.25, 0.3) is 0 Å². The fraction of sp³-hybridized carbons (Fsp3) is 0. The Morgan fingerprint density at radius 3 is 2.33 bits per heavy atom. The van der Waals surface area contributed by atoms with E-state index in [1.165, 1.54) is 43.1 Å². The van der Waals surface area contributed by atoms with E-state index in [2.05, 4.69) is 58.6 Å². The number of aromatic nitrogens is 2. The highest BCUT2D eigenvalue weighted by molar-refractivity contribution is 6.31. The van der Waals surface area contributed by atoms with Gasteiger partial charge in [0.15, 0.2) is 0 Å². The number of hydrogen-bond donors (Lipinski definition) is 1. The molecule has 0 aliphatic heterocycles. The smallest absolute Gasteiger partial charge is 0.0353 e.